The van der Waals surface area contributed by atoms with Gasteiger partial charge < -0.3 is 4.90 Å². The summed E-state index contributed by atoms with van der Waals surface area (Å²) in [5.74, 6) is 0.175. The van der Waals surface area contributed by atoms with Gasteiger partial charge in [-0.15, -0.1) is 5.10 Å². The molecule has 0 unspecified atom stereocenters. The molecule has 3 rings (SSSR count). The standard InChI is InChI=1S/C13H14N4O3S/c1-10-2-4-11(5-3-10)12-14-8-17(15-12)13(18)16-6-7-21(19,20)9-16/h2-5,8H,6-7,9H2,1H3. The van der Waals surface area contributed by atoms with Gasteiger partial charge in [0, 0.05) is 12.1 Å². The topological polar surface area (TPSA) is 85.2 Å². The van der Waals surface area contributed by atoms with Crippen molar-refractivity contribution in [2.75, 3.05) is 18.2 Å². The highest BCUT2D eigenvalue weighted by Crippen LogP contribution is 2.15. The van der Waals surface area contributed by atoms with E-state index in [1.54, 1.807) is 0 Å². The van der Waals surface area contributed by atoms with E-state index in [0.29, 0.717) is 5.82 Å². The van der Waals surface area contributed by atoms with Crippen molar-refractivity contribution in [2.24, 2.45) is 0 Å². The van der Waals surface area contributed by atoms with Crippen molar-refractivity contribution in [1.82, 2.24) is 19.7 Å². The van der Waals surface area contributed by atoms with Gasteiger partial charge >= 0.3 is 6.03 Å². The number of amides is 1. The molecule has 1 aliphatic rings. The average Bonchev–Trinajstić information content (AvgIpc) is 3.05. The lowest BCUT2D eigenvalue weighted by atomic mass is 10.1. The minimum atomic E-state index is -3.16. The fourth-order valence-electron chi connectivity index (χ4n) is 2.10. The first-order valence-electron chi connectivity index (χ1n) is 6.43. The van der Waals surface area contributed by atoms with Crippen molar-refractivity contribution >= 4 is 15.9 Å². The van der Waals surface area contributed by atoms with Gasteiger partial charge in [0.2, 0.25) is 0 Å². The van der Waals surface area contributed by atoms with Crippen molar-refractivity contribution in [2.45, 2.75) is 6.92 Å². The zero-order valence-electron chi connectivity index (χ0n) is 11.4. The van der Waals surface area contributed by atoms with E-state index in [2.05, 4.69) is 10.1 Å². The molecule has 0 saturated carbocycles. The number of sulfone groups is 1. The number of hydrogen-bond donors (Lipinski definition) is 0. The normalized spacial score (nSPS) is 17.1. The molecule has 1 aliphatic heterocycles. The molecule has 1 fully saturated rings. The minimum Gasteiger partial charge on any atom is -0.307 e. The van der Waals surface area contributed by atoms with Gasteiger partial charge in [-0.05, 0) is 6.92 Å². The van der Waals surface area contributed by atoms with Gasteiger partial charge in [0.05, 0.1) is 5.75 Å². The Hall–Kier alpha value is -2.22. The number of hydrogen-bond acceptors (Lipinski definition) is 5. The van der Waals surface area contributed by atoms with E-state index in [1.807, 2.05) is 31.2 Å². The molecule has 21 heavy (non-hydrogen) atoms. The first-order valence-corrected chi connectivity index (χ1v) is 8.25. The molecule has 1 aromatic heterocycles. The molecule has 0 atom stereocenters. The Morgan fingerprint density at radius 2 is 1.95 bits per heavy atom. The van der Waals surface area contributed by atoms with Crippen LogP contribution in [0, 0.1) is 6.92 Å². The maximum Gasteiger partial charge on any atom is 0.347 e. The quantitative estimate of drug-likeness (QED) is 0.781. The smallest absolute Gasteiger partial charge is 0.307 e. The molecule has 0 radical (unpaired) electrons. The van der Waals surface area contributed by atoms with Crippen LogP contribution in [-0.4, -0.2) is 52.3 Å². The molecule has 2 heterocycles. The van der Waals surface area contributed by atoms with Gasteiger partial charge in [-0.25, -0.2) is 18.2 Å². The van der Waals surface area contributed by atoms with Crippen LogP contribution < -0.4 is 0 Å². The number of carbonyl (C=O) groups excluding carboxylic acids is 1. The van der Waals surface area contributed by atoms with Gasteiger partial charge in [-0.3, -0.25) is 0 Å². The number of aryl methyl sites for hydroxylation is 1. The lowest BCUT2D eigenvalue weighted by molar-refractivity contribution is 0.209. The number of aromatic nitrogens is 3. The number of benzene rings is 1. The molecule has 1 amide bonds. The minimum absolute atomic E-state index is 0.00173. The Balaban J connectivity index is 1.82. The zero-order chi connectivity index (χ0) is 15.0. The van der Waals surface area contributed by atoms with Crippen molar-refractivity contribution in [1.29, 1.82) is 0 Å². The molecule has 110 valence electrons. The molecule has 8 heteroatoms. The maximum absolute atomic E-state index is 12.2. The van der Waals surface area contributed by atoms with Crippen molar-refractivity contribution in [3.63, 3.8) is 0 Å². The fourth-order valence-corrected chi connectivity index (χ4v) is 3.44. The largest absolute Gasteiger partial charge is 0.347 e. The molecular weight excluding hydrogens is 292 g/mol. The monoisotopic (exact) mass is 306 g/mol. The first kappa shape index (κ1) is 13.7. The van der Waals surface area contributed by atoms with Crippen molar-refractivity contribution in [3.05, 3.63) is 36.2 Å². The second-order valence-electron chi connectivity index (χ2n) is 5.00. The van der Waals surface area contributed by atoms with Crippen LogP contribution in [0.2, 0.25) is 0 Å². The van der Waals surface area contributed by atoms with Crippen LogP contribution in [-0.2, 0) is 9.84 Å². The lowest BCUT2D eigenvalue weighted by Gasteiger charge is -2.11. The van der Waals surface area contributed by atoms with E-state index in [-0.39, 0.29) is 18.2 Å². The molecule has 0 bridgehead atoms. The van der Waals surface area contributed by atoms with E-state index in [9.17, 15) is 13.2 Å². The third kappa shape index (κ3) is 2.80. The second-order valence-corrected chi connectivity index (χ2v) is 7.16. The second kappa shape index (κ2) is 4.96. The Morgan fingerprint density at radius 1 is 1.24 bits per heavy atom. The summed E-state index contributed by atoms with van der Waals surface area (Å²) < 4.78 is 23.9. The van der Waals surface area contributed by atoms with Crippen molar-refractivity contribution < 1.29 is 13.2 Å². The highest BCUT2D eigenvalue weighted by atomic mass is 32.2. The average molecular weight is 306 g/mol. The molecule has 1 saturated heterocycles. The summed E-state index contributed by atoms with van der Waals surface area (Å²) >= 11 is 0. The van der Waals surface area contributed by atoms with Gasteiger partial charge in [0.1, 0.15) is 12.2 Å². The fraction of sp³-hybridized carbons (Fsp3) is 0.308. The maximum atomic E-state index is 12.2. The molecule has 1 aromatic carbocycles. The molecule has 0 spiro atoms. The molecule has 0 N–H and O–H groups in total. The van der Waals surface area contributed by atoms with Crippen LogP contribution in [0.25, 0.3) is 11.4 Å². The molecular formula is C13H14N4O3S. The van der Waals surface area contributed by atoms with Crippen LogP contribution in [0.3, 0.4) is 0 Å². The third-order valence-corrected chi connectivity index (χ3v) is 4.80. The van der Waals surface area contributed by atoms with E-state index < -0.39 is 15.9 Å². The number of nitrogens with zero attached hydrogens (tertiary/aromatic N) is 4. The van der Waals surface area contributed by atoms with E-state index in [4.69, 9.17) is 0 Å². The van der Waals surface area contributed by atoms with E-state index in [0.717, 1.165) is 15.8 Å². The molecule has 2 aromatic rings. The van der Waals surface area contributed by atoms with Gasteiger partial charge in [-0.1, -0.05) is 29.8 Å². The van der Waals surface area contributed by atoms with Gasteiger partial charge in [0.25, 0.3) is 0 Å². The lowest BCUT2D eigenvalue weighted by Crippen LogP contribution is -2.33. The van der Waals surface area contributed by atoms with Gasteiger partial charge in [-0.2, -0.15) is 4.68 Å². The summed E-state index contributed by atoms with van der Waals surface area (Å²) in [7, 11) is -3.16. The Kier molecular flexibility index (Phi) is 3.25. The van der Waals surface area contributed by atoms with Crippen LogP contribution in [0.4, 0.5) is 4.79 Å². The Morgan fingerprint density at radius 3 is 2.57 bits per heavy atom. The number of carbonyl (C=O) groups is 1. The van der Waals surface area contributed by atoms with Gasteiger partial charge in [0.15, 0.2) is 15.7 Å². The first-order chi connectivity index (χ1) is 9.94. The Bertz CT molecular complexity index is 780. The SMILES string of the molecule is Cc1ccc(-c2ncn(C(=O)N3CCS(=O)(=O)C3)n2)cc1. The highest BCUT2D eigenvalue weighted by Gasteiger charge is 2.30. The van der Waals surface area contributed by atoms with E-state index in [1.165, 1.54) is 11.2 Å². The number of rotatable bonds is 1. The van der Waals surface area contributed by atoms with Crippen molar-refractivity contribution in [3.8, 4) is 11.4 Å². The van der Waals surface area contributed by atoms with Crippen LogP contribution in [0.5, 0.6) is 0 Å². The summed E-state index contributed by atoms with van der Waals surface area (Å²) in [6.45, 7) is 2.17. The molecule has 0 aliphatic carbocycles. The third-order valence-electron chi connectivity index (χ3n) is 3.29. The summed E-state index contributed by atoms with van der Waals surface area (Å²) in [4.78, 5) is 17.5. The van der Waals surface area contributed by atoms with Crippen LogP contribution in [0.1, 0.15) is 5.56 Å². The highest BCUT2D eigenvalue weighted by molar-refractivity contribution is 7.91. The summed E-state index contributed by atoms with van der Waals surface area (Å²) in [6, 6.07) is 7.15. The predicted molar refractivity (Wildman–Crippen MR) is 76.3 cm³/mol. The Labute approximate surface area is 122 Å². The van der Waals surface area contributed by atoms with Crippen LogP contribution >= 0.6 is 0 Å². The summed E-state index contributed by atoms with van der Waals surface area (Å²) in [6.07, 6.45) is 1.31. The summed E-state index contributed by atoms with van der Waals surface area (Å²) in [5, 5.41) is 4.12. The zero-order valence-corrected chi connectivity index (χ0v) is 12.2. The van der Waals surface area contributed by atoms with E-state index >= 15 is 0 Å². The molecule has 7 nitrogen and oxygen atoms in total. The summed E-state index contributed by atoms with van der Waals surface area (Å²) in [5.41, 5.74) is 1.93. The predicted octanol–water partition coefficient (Wildman–Crippen LogP) is 0.910. The van der Waals surface area contributed by atoms with Crippen LogP contribution in [0.15, 0.2) is 30.6 Å².